The Kier molecular flexibility index (Phi) is 6.20. The Morgan fingerprint density at radius 1 is 1.10 bits per heavy atom. The summed E-state index contributed by atoms with van der Waals surface area (Å²) >= 11 is 0. The van der Waals surface area contributed by atoms with E-state index in [1.165, 1.54) is 14.2 Å². The zero-order chi connectivity index (χ0) is 15.0. The number of nitrogens with zero attached hydrogens (tertiary/aromatic N) is 2. The molecule has 6 nitrogen and oxygen atoms in total. The van der Waals surface area contributed by atoms with Crippen LogP contribution in [0, 0.1) is 11.3 Å². The second-order valence-corrected chi connectivity index (χ2v) is 4.11. The lowest BCUT2D eigenvalue weighted by molar-refractivity contribution is -0.145. The van der Waals surface area contributed by atoms with Crippen molar-refractivity contribution < 1.29 is 19.1 Å². The van der Waals surface area contributed by atoms with Crippen LogP contribution in [0.15, 0.2) is 24.3 Å². The first-order valence-corrected chi connectivity index (χ1v) is 5.94. The third-order valence-corrected chi connectivity index (χ3v) is 2.65. The number of carbonyl (C=O) groups is 2. The quantitative estimate of drug-likeness (QED) is 0.712. The Balaban J connectivity index is 2.73. The van der Waals surface area contributed by atoms with Gasteiger partial charge in [-0.25, -0.2) is 0 Å². The molecule has 0 unspecified atom stereocenters. The van der Waals surface area contributed by atoms with E-state index in [0.29, 0.717) is 12.1 Å². The molecule has 0 amide bonds. The fourth-order valence-corrected chi connectivity index (χ4v) is 1.60. The normalized spacial score (nSPS) is 9.90. The van der Waals surface area contributed by atoms with Crippen LogP contribution in [0.1, 0.15) is 11.1 Å². The maximum absolute atomic E-state index is 11.3. The van der Waals surface area contributed by atoms with Crippen molar-refractivity contribution in [1.29, 1.82) is 5.26 Å². The van der Waals surface area contributed by atoms with Crippen molar-refractivity contribution in [3.05, 3.63) is 35.4 Å². The number of rotatable bonds is 6. The van der Waals surface area contributed by atoms with Crippen LogP contribution in [0.3, 0.4) is 0 Å². The van der Waals surface area contributed by atoms with E-state index >= 15 is 0 Å². The van der Waals surface area contributed by atoms with Crippen molar-refractivity contribution in [2.24, 2.45) is 0 Å². The molecule has 0 fully saturated rings. The van der Waals surface area contributed by atoms with Gasteiger partial charge in [-0.1, -0.05) is 12.1 Å². The molecule has 20 heavy (non-hydrogen) atoms. The average Bonchev–Trinajstić information content (AvgIpc) is 2.47. The molecule has 0 saturated carbocycles. The first-order chi connectivity index (χ1) is 9.58. The predicted octanol–water partition coefficient (Wildman–Crippen LogP) is 0.706. The Morgan fingerprint density at radius 3 is 2.00 bits per heavy atom. The molecule has 1 aromatic rings. The van der Waals surface area contributed by atoms with Gasteiger partial charge >= 0.3 is 11.9 Å². The highest BCUT2D eigenvalue weighted by atomic mass is 16.5. The van der Waals surface area contributed by atoms with Crippen molar-refractivity contribution in [2.45, 2.75) is 6.54 Å². The Morgan fingerprint density at radius 2 is 1.60 bits per heavy atom. The molecule has 0 N–H and O–H groups in total. The molecule has 0 saturated heterocycles. The van der Waals surface area contributed by atoms with Gasteiger partial charge in [0.15, 0.2) is 0 Å². The highest BCUT2D eigenvalue weighted by Gasteiger charge is 2.15. The Bertz CT molecular complexity index is 487. The van der Waals surface area contributed by atoms with Crippen LogP contribution in [-0.4, -0.2) is 44.1 Å². The number of hydrogen-bond donors (Lipinski definition) is 0. The lowest BCUT2D eigenvalue weighted by Gasteiger charge is -2.19. The van der Waals surface area contributed by atoms with Gasteiger partial charge in [-0.05, 0) is 17.7 Å². The maximum Gasteiger partial charge on any atom is 0.319 e. The summed E-state index contributed by atoms with van der Waals surface area (Å²) in [6.07, 6.45) is 0. The second kappa shape index (κ2) is 7.92. The minimum absolute atomic E-state index is 0.00833. The number of ether oxygens (including phenoxy) is 2. The number of carbonyl (C=O) groups excluding carboxylic acids is 2. The minimum Gasteiger partial charge on any atom is -0.468 e. The fourth-order valence-electron chi connectivity index (χ4n) is 1.60. The number of hydrogen-bond acceptors (Lipinski definition) is 6. The summed E-state index contributed by atoms with van der Waals surface area (Å²) in [6, 6.07) is 8.95. The monoisotopic (exact) mass is 276 g/mol. The van der Waals surface area contributed by atoms with Gasteiger partial charge < -0.3 is 9.47 Å². The van der Waals surface area contributed by atoms with Crippen molar-refractivity contribution in [3.8, 4) is 6.07 Å². The van der Waals surface area contributed by atoms with E-state index in [-0.39, 0.29) is 13.1 Å². The van der Waals surface area contributed by atoms with E-state index in [1.54, 1.807) is 29.2 Å². The third kappa shape index (κ3) is 5.08. The Hall–Kier alpha value is -2.39. The highest BCUT2D eigenvalue weighted by Crippen LogP contribution is 2.07. The molecule has 0 aliphatic carbocycles. The molecule has 0 radical (unpaired) electrons. The lowest BCUT2D eigenvalue weighted by Crippen LogP contribution is -2.35. The largest absolute Gasteiger partial charge is 0.468 e. The van der Waals surface area contributed by atoms with Gasteiger partial charge in [0, 0.05) is 6.54 Å². The molecule has 106 valence electrons. The maximum atomic E-state index is 11.3. The van der Waals surface area contributed by atoms with E-state index < -0.39 is 11.9 Å². The summed E-state index contributed by atoms with van der Waals surface area (Å²) in [7, 11) is 2.58. The molecule has 0 spiro atoms. The Labute approximate surface area is 117 Å². The zero-order valence-electron chi connectivity index (χ0n) is 11.5. The molecule has 0 aliphatic rings. The molecule has 6 heteroatoms. The van der Waals surface area contributed by atoms with E-state index in [1.807, 2.05) is 6.07 Å². The summed E-state index contributed by atoms with van der Waals surface area (Å²) < 4.78 is 9.19. The average molecular weight is 276 g/mol. The minimum atomic E-state index is -0.428. The van der Waals surface area contributed by atoms with Gasteiger partial charge in [0.25, 0.3) is 0 Å². The number of benzene rings is 1. The van der Waals surface area contributed by atoms with Gasteiger partial charge in [-0.3, -0.25) is 14.5 Å². The van der Waals surface area contributed by atoms with Gasteiger partial charge in [0.05, 0.1) is 38.9 Å². The standard InChI is InChI=1S/C14H16N2O4/c1-19-13(17)9-16(10-14(18)20-2)8-12-5-3-11(7-15)4-6-12/h3-6H,8-10H2,1-2H3. The molecule has 0 bridgehead atoms. The van der Waals surface area contributed by atoms with E-state index in [4.69, 9.17) is 5.26 Å². The number of esters is 2. The van der Waals surface area contributed by atoms with Gasteiger partial charge in [0.1, 0.15) is 0 Å². The van der Waals surface area contributed by atoms with E-state index in [2.05, 4.69) is 9.47 Å². The fraction of sp³-hybridized carbons (Fsp3) is 0.357. The molecule has 0 aliphatic heterocycles. The summed E-state index contributed by atoms with van der Waals surface area (Å²) in [5.74, 6) is -0.856. The van der Waals surface area contributed by atoms with Crippen LogP contribution in [0.4, 0.5) is 0 Å². The molecular weight excluding hydrogens is 260 g/mol. The first-order valence-electron chi connectivity index (χ1n) is 5.94. The van der Waals surface area contributed by atoms with Crippen LogP contribution < -0.4 is 0 Å². The van der Waals surface area contributed by atoms with Crippen LogP contribution in [0.5, 0.6) is 0 Å². The van der Waals surface area contributed by atoms with Gasteiger partial charge in [-0.2, -0.15) is 5.26 Å². The van der Waals surface area contributed by atoms with Gasteiger partial charge in [0.2, 0.25) is 0 Å². The third-order valence-electron chi connectivity index (χ3n) is 2.65. The molecular formula is C14H16N2O4. The lowest BCUT2D eigenvalue weighted by atomic mass is 10.1. The number of nitriles is 1. The van der Waals surface area contributed by atoms with Crippen molar-refractivity contribution in [1.82, 2.24) is 4.90 Å². The molecule has 0 heterocycles. The van der Waals surface area contributed by atoms with E-state index in [0.717, 1.165) is 5.56 Å². The van der Waals surface area contributed by atoms with E-state index in [9.17, 15) is 9.59 Å². The van der Waals surface area contributed by atoms with Crippen molar-refractivity contribution in [3.63, 3.8) is 0 Å². The smallest absolute Gasteiger partial charge is 0.319 e. The van der Waals surface area contributed by atoms with Crippen molar-refractivity contribution in [2.75, 3.05) is 27.3 Å². The number of methoxy groups -OCH3 is 2. The van der Waals surface area contributed by atoms with Crippen LogP contribution in [0.2, 0.25) is 0 Å². The predicted molar refractivity (Wildman–Crippen MR) is 70.5 cm³/mol. The summed E-state index contributed by atoms with van der Waals surface area (Å²) in [5, 5.41) is 8.73. The van der Waals surface area contributed by atoms with Crippen LogP contribution in [-0.2, 0) is 25.6 Å². The molecule has 1 aromatic carbocycles. The second-order valence-electron chi connectivity index (χ2n) is 4.11. The highest BCUT2D eigenvalue weighted by molar-refractivity contribution is 5.74. The van der Waals surface area contributed by atoms with Crippen molar-refractivity contribution >= 4 is 11.9 Å². The van der Waals surface area contributed by atoms with Gasteiger partial charge in [-0.15, -0.1) is 0 Å². The molecule has 0 aromatic heterocycles. The van der Waals surface area contributed by atoms with Crippen LogP contribution in [0.25, 0.3) is 0 Å². The summed E-state index contributed by atoms with van der Waals surface area (Å²) in [4.78, 5) is 24.3. The first kappa shape index (κ1) is 15.7. The molecule has 0 atom stereocenters. The molecule has 1 rings (SSSR count). The topological polar surface area (TPSA) is 79.6 Å². The SMILES string of the molecule is COC(=O)CN(CC(=O)OC)Cc1ccc(C#N)cc1. The zero-order valence-corrected chi connectivity index (χ0v) is 11.5. The summed E-state index contributed by atoms with van der Waals surface area (Å²) in [6.45, 7) is 0.368. The van der Waals surface area contributed by atoms with Crippen LogP contribution >= 0.6 is 0 Å². The summed E-state index contributed by atoms with van der Waals surface area (Å²) in [5.41, 5.74) is 1.44.